The average Bonchev–Trinajstić information content (AvgIpc) is 3.75. The molecule has 49 heavy (non-hydrogen) atoms. The van der Waals surface area contributed by atoms with E-state index in [1.165, 1.54) is 0 Å². The minimum atomic E-state index is -0.488. The Bertz CT molecular complexity index is 2710. The van der Waals surface area contributed by atoms with Crippen LogP contribution in [-0.2, 0) is 0 Å². The average molecular weight is 652 g/mol. The predicted molar refractivity (Wildman–Crippen MR) is 195 cm³/mol. The highest BCUT2D eigenvalue weighted by molar-refractivity contribution is 6.24. The van der Waals surface area contributed by atoms with Gasteiger partial charge < -0.3 is 8.83 Å². The van der Waals surface area contributed by atoms with E-state index in [1.807, 2.05) is 78.9 Å². The molecule has 0 bridgehead atoms. The van der Waals surface area contributed by atoms with E-state index in [-0.39, 0.29) is 5.92 Å². The van der Waals surface area contributed by atoms with Gasteiger partial charge in [0.05, 0.1) is 11.3 Å². The number of nitrogens with zero attached hydrogens (tertiary/aromatic N) is 3. The van der Waals surface area contributed by atoms with Gasteiger partial charge in [-0.3, -0.25) is 0 Å². The minimum Gasteiger partial charge on any atom is -0.456 e. The molecule has 2 unspecified atom stereocenters. The zero-order valence-electron chi connectivity index (χ0n) is 26.0. The molecule has 10 rings (SSSR count). The Morgan fingerprint density at radius 2 is 1.12 bits per heavy atom. The molecule has 6 heteroatoms. The van der Waals surface area contributed by atoms with Crippen LogP contribution >= 0.6 is 11.6 Å². The summed E-state index contributed by atoms with van der Waals surface area (Å²) in [6.45, 7) is 0. The molecule has 1 aliphatic rings. The first-order valence-corrected chi connectivity index (χ1v) is 16.7. The lowest BCUT2D eigenvalue weighted by atomic mass is 9.80. The fourth-order valence-electron chi connectivity index (χ4n) is 7.32. The third-order valence-corrected chi connectivity index (χ3v) is 10.0. The second-order valence-electron chi connectivity index (χ2n) is 12.4. The predicted octanol–water partition coefficient (Wildman–Crippen LogP) is 11.6. The molecular weight excluding hydrogens is 626 g/mol. The third-order valence-electron chi connectivity index (χ3n) is 9.54. The van der Waals surface area contributed by atoms with Crippen molar-refractivity contribution in [2.24, 2.45) is 0 Å². The summed E-state index contributed by atoms with van der Waals surface area (Å²) in [5.74, 6) is 2.16. The number of para-hydroxylation sites is 2. The van der Waals surface area contributed by atoms with Crippen molar-refractivity contribution in [1.29, 1.82) is 0 Å². The van der Waals surface area contributed by atoms with Crippen LogP contribution in [0.2, 0.25) is 0 Å². The molecule has 5 nitrogen and oxygen atoms in total. The van der Waals surface area contributed by atoms with Gasteiger partial charge in [-0.15, -0.1) is 11.6 Å². The van der Waals surface area contributed by atoms with E-state index >= 15 is 0 Å². The van der Waals surface area contributed by atoms with Gasteiger partial charge in [-0.05, 0) is 41.0 Å². The Labute approximate surface area is 286 Å². The van der Waals surface area contributed by atoms with Crippen LogP contribution in [0.1, 0.15) is 28.2 Å². The van der Waals surface area contributed by atoms with Crippen molar-refractivity contribution in [1.82, 2.24) is 15.0 Å². The van der Waals surface area contributed by atoms with E-state index in [0.29, 0.717) is 17.5 Å². The monoisotopic (exact) mass is 651 g/mol. The second kappa shape index (κ2) is 11.0. The second-order valence-corrected chi connectivity index (χ2v) is 12.8. The summed E-state index contributed by atoms with van der Waals surface area (Å²) in [7, 11) is 0. The van der Waals surface area contributed by atoms with Crippen molar-refractivity contribution in [3.05, 3.63) is 163 Å². The standard InChI is InChI=1S/C43H26ClN3O2/c44-39-37-31-19-7-9-22-34(31)49-40(37)29-17-5-4-16-28(29)38(39)43-46-41(27-15-10-14-26(24-27)25-12-2-1-3-13-25)45-42(47-43)32-20-11-23-35-36(32)30-18-6-8-21-33(30)48-35/h1-24,38-39H. The fraction of sp³-hybridized carbons (Fsp3) is 0.0465. The molecule has 1 aliphatic carbocycles. The largest absolute Gasteiger partial charge is 0.456 e. The molecule has 0 amide bonds. The van der Waals surface area contributed by atoms with Crippen molar-refractivity contribution in [3.63, 3.8) is 0 Å². The molecule has 2 atom stereocenters. The number of hydrogen-bond acceptors (Lipinski definition) is 5. The maximum atomic E-state index is 7.58. The van der Waals surface area contributed by atoms with Gasteiger partial charge in [0.25, 0.3) is 0 Å². The lowest BCUT2D eigenvalue weighted by molar-refractivity contribution is 0.606. The van der Waals surface area contributed by atoms with Gasteiger partial charge in [-0.1, -0.05) is 121 Å². The molecular formula is C43H26ClN3O2. The first kappa shape index (κ1) is 28.0. The molecule has 0 saturated heterocycles. The maximum Gasteiger partial charge on any atom is 0.164 e. The highest BCUT2D eigenvalue weighted by Gasteiger charge is 2.39. The van der Waals surface area contributed by atoms with Crippen molar-refractivity contribution < 1.29 is 8.83 Å². The number of furan rings is 2. The van der Waals surface area contributed by atoms with Crippen LogP contribution < -0.4 is 0 Å². The molecule has 232 valence electrons. The van der Waals surface area contributed by atoms with E-state index < -0.39 is 5.38 Å². The first-order chi connectivity index (χ1) is 24.2. The van der Waals surface area contributed by atoms with Crippen molar-refractivity contribution in [2.75, 3.05) is 0 Å². The Hall–Kier alpha value is -6.04. The summed E-state index contributed by atoms with van der Waals surface area (Å²) >= 11 is 7.58. The van der Waals surface area contributed by atoms with Crippen molar-refractivity contribution in [3.8, 4) is 45.2 Å². The summed E-state index contributed by atoms with van der Waals surface area (Å²) in [4.78, 5) is 15.7. The molecule has 6 aromatic carbocycles. The molecule has 3 heterocycles. The Kier molecular flexibility index (Phi) is 6.30. The Morgan fingerprint density at radius 3 is 2.00 bits per heavy atom. The normalized spacial score (nSPS) is 15.4. The summed E-state index contributed by atoms with van der Waals surface area (Å²) in [5.41, 5.74) is 9.33. The summed E-state index contributed by atoms with van der Waals surface area (Å²) in [5, 5.41) is 2.49. The third kappa shape index (κ3) is 4.43. The highest BCUT2D eigenvalue weighted by atomic mass is 35.5. The molecule has 0 aliphatic heterocycles. The number of alkyl halides is 1. The van der Waals surface area contributed by atoms with Crippen LogP contribution in [0.5, 0.6) is 0 Å². The lowest BCUT2D eigenvalue weighted by Gasteiger charge is -2.29. The van der Waals surface area contributed by atoms with E-state index in [1.54, 1.807) is 0 Å². The molecule has 0 N–H and O–H groups in total. The van der Waals surface area contributed by atoms with Gasteiger partial charge in [0.2, 0.25) is 0 Å². The topological polar surface area (TPSA) is 65.0 Å². The zero-order valence-corrected chi connectivity index (χ0v) is 26.8. The molecule has 0 saturated carbocycles. The summed E-state index contributed by atoms with van der Waals surface area (Å²) < 4.78 is 12.7. The van der Waals surface area contributed by atoms with E-state index in [0.717, 1.165) is 77.6 Å². The smallest absolute Gasteiger partial charge is 0.164 e. The first-order valence-electron chi connectivity index (χ1n) is 16.3. The fourth-order valence-corrected chi connectivity index (χ4v) is 7.78. The molecule has 9 aromatic rings. The van der Waals surface area contributed by atoms with Crippen LogP contribution in [0.4, 0.5) is 0 Å². The number of halogens is 1. The molecule has 0 fully saturated rings. The van der Waals surface area contributed by atoms with Crippen molar-refractivity contribution >= 4 is 44.5 Å². The minimum absolute atomic E-state index is 0.371. The lowest BCUT2D eigenvalue weighted by Crippen LogP contribution is -2.18. The van der Waals surface area contributed by atoms with Crippen LogP contribution in [-0.4, -0.2) is 15.0 Å². The number of rotatable bonds is 4. The van der Waals surface area contributed by atoms with Crippen LogP contribution in [0.15, 0.2) is 154 Å². The van der Waals surface area contributed by atoms with E-state index in [4.69, 9.17) is 35.4 Å². The van der Waals surface area contributed by atoms with Crippen LogP contribution in [0.25, 0.3) is 78.1 Å². The van der Waals surface area contributed by atoms with E-state index in [9.17, 15) is 0 Å². The van der Waals surface area contributed by atoms with Gasteiger partial charge >= 0.3 is 0 Å². The maximum absolute atomic E-state index is 7.58. The van der Waals surface area contributed by atoms with Crippen LogP contribution in [0, 0.1) is 0 Å². The summed E-state index contributed by atoms with van der Waals surface area (Å²) in [6, 6.07) is 49.1. The van der Waals surface area contributed by atoms with Gasteiger partial charge in [0, 0.05) is 38.4 Å². The van der Waals surface area contributed by atoms with Gasteiger partial charge in [0.1, 0.15) is 28.3 Å². The highest BCUT2D eigenvalue weighted by Crippen LogP contribution is 2.54. The van der Waals surface area contributed by atoms with Gasteiger partial charge in [0.15, 0.2) is 11.6 Å². The Morgan fingerprint density at radius 1 is 0.490 bits per heavy atom. The number of fused-ring (bicyclic) bond motifs is 8. The molecule has 3 aromatic heterocycles. The SMILES string of the molecule is ClC1c2c(oc3ccccc23)-c2ccccc2C1c1nc(-c2cccc(-c3ccccc3)c2)nc(-c2cccc3oc4ccccc4c23)n1. The zero-order chi connectivity index (χ0) is 32.5. The number of benzene rings is 6. The van der Waals surface area contributed by atoms with Gasteiger partial charge in [-0.2, -0.15) is 0 Å². The summed E-state index contributed by atoms with van der Waals surface area (Å²) in [6.07, 6.45) is 0. The van der Waals surface area contributed by atoms with Gasteiger partial charge in [-0.25, -0.2) is 15.0 Å². The van der Waals surface area contributed by atoms with Crippen LogP contribution in [0.3, 0.4) is 0 Å². The quantitative estimate of drug-likeness (QED) is 0.177. The number of aromatic nitrogens is 3. The van der Waals surface area contributed by atoms with Crippen molar-refractivity contribution in [2.45, 2.75) is 11.3 Å². The van der Waals surface area contributed by atoms with E-state index in [2.05, 4.69) is 66.7 Å². The molecule has 0 spiro atoms. The number of hydrogen-bond donors (Lipinski definition) is 0. The Balaban J connectivity index is 1.24. The molecule has 0 radical (unpaired) electrons.